The first-order valence-corrected chi connectivity index (χ1v) is 6.34. The summed E-state index contributed by atoms with van der Waals surface area (Å²) < 4.78 is 21.3. The van der Waals surface area contributed by atoms with Crippen LogP contribution >= 0.6 is 0 Å². The Morgan fingerprint density at radius 2 is 1.79 bits per heavy atom. The highest BCUT2D eigenvalue weighted by molar-refractivity contribution is 5.35. The molecule has 0 aliphatic carbocycles. The average Bonchev–Trinajstić information content (AvgIpc) is 2.47. The number of rotatable bonds is 10. The summed E-state index contributed by atoms with van der Waals surface area (Å²) in [7, 11) is 3.28. The third kappa shape index (κ3) is 5.57. The molecule has 1 rings (SSSR count). The Balaban J connectivity index is 2.40. The fourth-order valence-electron chi connectivity index (χ4n) is 1.71. The topological polar surface area (TPSA) is 62.9 Å². The fourth-order valence-corrected chi connectivity index (χ4v) is 1.71. The van der Waals surface area contributed by atoms with E-state index in [9.17, 15) is 0 Å². The lowest BCUT2D eigenvalue weighted by molar-refractivity contribution is -0.00486. The van der Waals surface area contributed by atoms with Gasteiger partial charge in [0.05, 0.1) is 39.6 Å². The van der Waals surface area contributed by atoms with E-state index in [0.29, 0.717) is 33.0 Å². The lowest BCUT2D eigenvalue weighted by atomic mass is 10.1. The summed E-state index contributed by atoms with van der Waals surface area (Å²) in [5.74, 6) is 0.790. The summed E-state index contributed by atoms with van der Waals surface area (Å²) in [6, 6.07) is 7.72. The monoisotopic (exact) mass is 269 g/mol. The predicted octanol–water partition coefficient (Wildman–Crippen LogP) is 1.37. The molecule has 1 aromatic rings. The van der Waals surface area contributed by atoms with Gasteiger partial charge in [-0.25, -0.2) is 0 Å². The Labute approximate surface area is 114 Å². The van der Waals surface area contributed by atoms with Crippen LogP contribution in [0, 0.1) is 0 Å². The number of hydrogen-bond acceptors (Lipinski definition) is 5. The average molecular weight is 269 g/mol. The Morgan fingerprint density at radius 3 is 2.47 bits per heavy atom. The largest absolute Gasteiger partial charge is 0.496 e. The first-order chi connectivity index (χ1) is 9.33. The van der Waals surface area contributed by atoms with E-state index in [2.05, 4.69) is 0 Å². The van der Waals surface area contributed by atoms with E-state index in [1.54, 1.807) is 14.2 Å². The molecule has 5 nitrogen and oxygen atoms in total. The summed E-state index contributed by atoms with van der Waals surface area (Å²) in [4.78, 5) is 0. The van der Waals surface area contributed by atoms with Gasteiger partial charge < -0.3 is 24.7 Å². The molecular weight excluding hydrogens is 246 g/mol. The zero-order chi connectivity index (χ0) is 13.9. The van der Waals surface area contributed by atoms with E-state index in [0.717, 1.165) is 11.3 Å². The molecule has 1 atom stereocenters. The van der Waals surface area contributed by atoms with Crippen molar-refractivity contribution in [3.8, 4) is 5.75 Å². The van der Waals surface area contributed by atoms with Gasteiger partial charge in [0.15, 0.2) is 0 Å². The minimum atomic E-state index is -0.179. The van der Waals surface area contributed by atoms with E-state index in [1.807, 2.05) is 24.3 Å². The molecular formula is C14H23NO4. The number of para-hydroxylation sites is 1. The quantitative estimate of drug-likeness (QED) is 0.650. The van der Waals surface area contributed by atoms with Crippen molar-refractivity contribution in [2.24, 2.45) is 5.73 Å². The number of methoxy groups -OCH3 is 2. The van der Waals surface area contributed by atoms with Gasteiger partial charge in [-0.15, -0.1) is 0 Å². The molecule has 5 heteroatoms. The van der Waals surface area contributed by atoms with Crippen LogP contribution in [0.15, 0.2) is 24.3 Å². The van der Waals surface area contributed by atoms with Crippen molar-refractivity contribution in [3.05, 3.63) is 29.8 Å². The minimum absolute atomic E-state index is 0.179. The van der Waals surface area contributed by atoms with Gasteiger partial charge in [-0.05, 0) is 6.07 Å². The highest BCUT2D eigenvalue weighted by atomic mass is 16.5. The SMILES string of the molecule is COCCOCCOC(CN)c1ccccc1OC. The van der Waals surface area contributed by atoms with Gasteiger partial charge in [-0.2, -0.15) is 0 Å². The van der Waals surface area contributed by atoms with E-state index < -0.39 is 0 Å². The molecule has 1 aromatic carbocycles. The molecule has 0 spiro atoms. The van der Waals surface area contributed by atoms with Crippen LogP contribution in [0.25, 0.3) is 0 Å². The van der Waals surface area contributed by atoms with Crippen LogP contribution in [0.3, 0.4) is 0 Å². The highest BCUT2D eigenvalue weighted by Crippen LogP contribution is 2.26. The zero-order valence-corrected chi connectivity index (χ0v) is 11.6. The maximum atomic E-state index is 5.75. The fraction of sp³-hybridized carbons (Fsp3) is 0.571. The van der Waals surface area contributed by atoms with Gasteiger partial charge in [0, 0.05) is 19.2 Å². The zero-order valence-electron chi connectivity index (χ0n) is 11.6. The molecule has 0 aliphatic rings. The van der Waals surface area contributed by atoms with Crippen molar-refractivity contribution < 1.29 is 18.9 Å². The second kappa shape index (κ2) is 9.75. The van der Waals surface area contributed by atoms with Gasteiger partial charge in [-0.3, -0.25) is 0 Å². The molecule has 0 saturated carbocycles. The van der Waals surface area contributed by atoms with E-state index in [4.69, 9.17) is 24.7 Å². The lowest BCUT2D eigenvalue weighted by Gasteiger charge is -2.19. The Hall–Kier alpha value is -1.14. The molecule has 0 aliphatic heterocycles. The van der Waals surface area contributed by atoms with Crippen LogP contribution in [0.5, 0.6) is 5.75 Å². The molecule has 0 heterocycles. The number of nitrogens with two attached hydrogens (primary N) is 1. The Kier molecular flexibility index (Phi) is 8.16. The number of ether oxygens (including phenoxy) is 4. The standard InChI is InChI=1S/C14H23NO4/c1-16-7-8-18-9-10-19-14(11-15)12-5-3-4-6-13(12)17-2/h3-6,14H,7-11,15H2,1-2H3. The van der Waals surface area contributed by atoms with E-state index in [1.165, 1.54) is 0 Å². The lowest BCUT2D eigenvalue weighted by Crippen LogP contribution is -2.19. The summed E-state index contributed by atoms with van der Waals surface area (Å²) in [5.41, 5.74) is 6.71. The molecule has 2 N–H and O–H groups in total. The van der Waals surface area contributed by atoms with E-state index in [-0.39, 0.29) is 6.10 Å². The van der Waals surface area contributed by atoms with Gasteiger partial charge in [0.2, 0.25) is 0 Å². The molecule has 19 heavy (non-hydrogen) atoms. The summed E-state index contributed by atoms with van der Waals surface area (Å²) in [5, 5.41) is 0. The first-order valence-electron chi connectivity index (χ1n) is 6.34. The third-order valence-corrected chi connectivity index (χ3v) is 2.68. The molecule has 0 fully saturated rings. The van der Waals surface area contributed by atoms with Crippen molar-refractivity contribution in [1.82, 2.24) is 0 Å². The first kappa shape index (κ1) is 15.9. The van der Waals surface area contributed by atoms with Crippen molar-refractivity contribution in [3.63, 3.8) is 0 Å². The number of hydrogen-bond donors (Lipinski definition) is 1. The highest BCUT2D eigenvalue weighted by Gasteiger charge is 2.14. The van der Waals surface area contributed by atoms with Crippen molar-refractivity contribution in [2.75, 3.05) is 47.2 Å². The second-order valence-corrected chi connectivity index (χ2v) is 3.94. The Bertz CT molecular complexity index is 346. The third-order valence-electron chi connectivity index (χ3n) is 2.68. The summed E-state index contributed by atoms with van der Waals surface area (Å²) in [6.45, 7) is 2.58. The van der Waals surface area contributed by atoms with Crippen molar-refractivity contribution >= 4 is 0 Å². The molecule has 0 aromatic heterocycles. The molecule has 0 amide bonds. The molecule has 0 saturated heterocycles. The van der Waals surface area contributed by atoms with Gasteiger partial charge in [0.1, 0.15) is 5.75 Å². The minimum Gasteiger partial charge on any atom is -0.496 e. The van der Waals surface area contributed by atoms with Crippen LogP contribution in [0.4, 0.5) is 0 Å². The Morgan fingerprint density at radius 1 is 1.05 bits per heavy atom. The smallest absolute Gasteiger partial charge is 0.124 e. The predicted molar refractivity (Wildman–Crippen MR) is 73.4 cm³/mol. The summed E-state index contributed by atoms with van der Waals surface area (Å²) >= 11 is 0. The second-order valence-electron chi connectivity index (χ2n) is 3.94. The molecule has 0 radical (unpaired) electrons. The van der Waals surface area contributed by atoms with Crippen molar-refractivity contribution in [2.45, 2.75) is 6.10 Å². The van der Waals surface area contributed by atoms with Gasteiger partial charge in [0.25, 0.3) is 0 Å². The maximum absolute atomic E-state index is 5.75. The summed E-state index contributed by atoms with van der Waals surface area (Å²) in [6.07, 6.45) is -0.179. The molecule has 108 valence electrons. The van der Waals surface area contributed by atoms with Gasteiger partial charge in [-0.1, -0.05) is 18.2 Å². The number of benzene rings is 1. The maximum Gasteiger partial charge on any atom is 0.124 e. The van der Waals surface area contributed by atoms with Crippen LogP contribution in [-0.2, 0) is 14.2 Å². The van der Waals surface area contributed by atoms with Crippen LogP contribution < -0.4 is 10.5 Å². The van der Waals surface area contributed by atoms with Crippen molar-refractivity contribution in [1.29, 1.82) is 0 Å². The van der Waals surface area contributed by atoms with Crippen LogP contribution in [-0.4, -0.2) is 47.2 Å². The molecule has 1 unspecified atom stereocenters. The van der Waals surface area contributed by atoms with E-state index >= 15 is 0 Å². The van der Waals surface area contributed by atoms with Gasteiger partial charge >= 0.3 is 0 Å². The molecule has 0 bridgehead atoms. The normalized spacial score (nSPS) is 12.4. The van der Waals surface area contributed by atoms with Crippen LogP contribution in [0.1, 0.15) is 11.7 Å². The van der Waals surface area contributed by atoms with Crippen LogP contribution in [0.2, 0.25) is 0 Å².